The summed E-state index contributed by atoms with van der Waals surface area (Å²) in [5, 5.41) is 0. The quantitative estimate of drug-likeness (QED) is 0.539. The Hall–Kier alpha value is -1.61. The Labute approximate surface area is 188 Å². The Bertz CT molecular complexity index is 791. The number of ketones is 1. The molecular formula is C28H40N2O. The van der Waals surface area contributed by atoms with Crippen LogP contribution in [0.25, 0.3) is 6.08 Å². The average Bonchev–Trinajstić information content (AvgIpc) is 2.76. The van der Waals surface area contributed by atoms with Gasteiger partial charge in [0.2, 0.25) is 0 Å². The average molecular weight is 421 g/mol. The number of anilines is 1. The first kappa shape index (κ1) is 21.2. The number of hydrogen-bond donors (Lipinski definition) is 0. The normalized spacial score (nSPS) is 35.8. The molecule has 2 aliphatic heterocycles. The predicted molar refractivity (Wildman–Crippen MR) is 129 cm³/mol. The lowest BCUT2D eigenvalue weighted by molar-refractivity contribution is -0.112. The van der Waals surface area contributed by atoms with Gasteiger partial charge in [-0.05, 0) is 87.5 Å². The van der Waals surface area contributed by atoms with Crippen molar-refractivity contribution in [2.45, 2.75) is 102 Å². The summed E-state index contributed by atoms with van der Waals surface area (Å²) < 4.78 is 0. The topological polar surface area (TPSA) is 23.6 Å². The fourth-order valence-electron chi connectivity index (χ4n) is 7.59. The van der Waals surface area contributed by atoms with E-state index in [1.165, 1.54) is 76.3 Å². The molecule has 4 fully saturated rings. The summed E-state index contributed by atoms with van der Waals surface area (Å²) in [6, 6.07) is 11.6. The summed E-state index contributed by atoms with van der Waals surface area (Å²) in [5.41, 5.74) is 2.43. The van der Waals surface area contributed by atoms with Crippen molar-refractivity contribution in [3.63, 3.8) is 0 Å². The minimum absolute atomic E-state index is 0.109. The highest BCUT2D eigenvalue weighted by atomic mass is 16.1. The van der Waals surface area contributed by atoms with E-state index in [0.29, 0.717) is 6.04 Å². The van der Waals surface area contributed by atoms with E-state index in [4.69, 9.17) is 0 Å². The molecule has 168 valence electrons. The molecule has 1 aromatic carbocycles. The molecule has 4 bridgehead atoms. The highest BCUT2D eigenvalue weighted by Gasteiger charge is 2.45. The summed E-state index contributed by atoms with van der Waals surface area (Å²) in [6.07, 6.45) is 19.4. The molecule has 1 aromatic rings. The van der Waals surface area contributed by atoms with Gasteiger partial charge in [0.15, 0.2) is 5.78 Å². The van der Waals surface area contributed by atoms with Crippen LogP contribution in [0.15, 0.2) is 30.3 Å². The third kappa shape index (κ3) is 4.49. The number of para-hydroxylation sites is 1. The van der Waals surface area contributed by atoms with E-state index < -0.39 is 0 Å². The van der Waals surface area contributed by atoms with E-state index in [1.807, 2.05) is 6.08 Å². The minimum Gasteiger partial charge on any atom is -0.371 e. The van der Waals surface area contributed by atoms with Gasteiger partial charge in [-0.25, -0.2) is 0 Å². The number of benzene rings is 1. The molecule has 4 aliphatic rings. The second kappa shape index (κ2) is 9.10. The van der Waals surface area contributed by atoms with Gasteiger partial charge in [-0.2, -0.15) is 0 Å². The zero-order valence-corrected chi connectivity index (χ0v) is 19.5. The molecule has 0 amide bonds. The molecule has 31 heavy (non-hydrogen) atoms. The maximum atomic E-state index is 11.5. The summed E-state index contributed by atoms with van der Waals surface area (Å²) in [5.74, 6) is 2.13. The van der Waals surface area contributed by atoms with Gasteiger partial charge in [0, 0.05) is 36.9 Å². The molecule has 0 N–H and O–H groups in total. The Kier molecular flexibility index (Phi) is 6.23. The molecule has 0 aromatic heterocycles. The number of rotatable bonds is 5. The van der Waals surface area contributed by atoms with Crippen LogP contribution in [-0.4, -0.2) is 41.9 Å². The van der Waals surface area contributed by atoms with Gasteiger partial charge in [-0.15, -0.1) is 0 Å². The summed E-state index contributed by atoms with van der Waals surface area (Å²) >= 11 is 0. The molecular weight excluding hydrogens is 380 g/mol. The summed E-state index contributed by atoms with van der Waals surface area (Å²) in [4.78, 5) is 17.1. The Balaban J connectivity index is 1.32. The number of carbonyl (C=O) groups excluding carboxylic acids is 1. The molecule has 2 saturated carbocycles. The Morgan fingerprint density at radius 2 is 1.55 bits per heavy atom. The number of carbonyl (C=O) groups is 1. The zero-order valence-electron chi connectivity index (χ0n) is 19.5. The van der Waals surface area contributed by atoms with Crippen LogP contribution in [0.2, 0.25) is 0 Å². The van der Waals surface area contributed by atoms with E-state index >= 15 is 0 Å². The van der Waals surface area contributed by atoms with Crippen LogP contribution in [-0.2, 0) is 4.79 Å². The number of piperidine rings is 2. The van der Waals surface area contributed by atoms with Gasteiger partial charge in [-0.1, -0.05) is 43.9 Å². The Morgan fingerprint density at radius 3 is 2.23 bits per heavy atom. The monoisotopic (exact) mass is 420 g/mol. The number of nitrogens with zero attached hydrogens (tertiary/aromatic N) is 2. The summed E-state index contributed by atoms with van der Waals surface area (Å²) in [7, 11) is 2.28. The first-order valence-corrected chi connectivity index (χ1v) is 12.9. The largest absolute Gasteiger partial charge is 0.371 e. The van der Waals surface area contributed by atoms with Gasteiger partial charge < -0.3 is 4.90 Å². The molecule has 4 unspecified atom stereocenters. The molecule has 0 radical (unpaired) electrons. The van der Waals surface area contributed by atoms with Crippen molar-refractivity contribution in [1.29, 1.82) is 0 Å². The van der Waals surface area contributed by atoms with Crippen molar-refractivity contribution in [3.8, 4) is 0 Å². The maximum absolute atomic E-state index is 11.5. The number of allylic oxidation sites excluding steroid dienone is 1. The van der Waals surface area contributed by atoms with Crippen LogP contribution in [0.1, 0.15) is 83.1 Å². The lowest BCUT2D eigenvalue weighted by Crippen LogP contribution is -2.61. The zero-order chi connectivity index (χ0) is 21.4. The lowest BCUT2D eigenvalue weighted by atomic mass is 9.68. The van der Waals surface area contributed by atoms with Crippen LogP contribution >= 0.6 is 0 Å². The first-order valence-electron chi connectivity index (χ1n) is 12.9. The smallest absolute Gasteiger partial charge is 0.152 e. The van der Waals surface area contributed by atoms with Gasteiger partial charge in [0.1, 0.15) is 0 Å². The molecule has 2 heterocycles. The van der Waals surface area contributed by atoms with Crippen LogP contribution in [0.4, 0.5) is 5.69 Å². The van der Waals surface area contributed by atoms with Gasteiger partial charge in [-0.3, -0.25) is 9.69 Å². The molecule has 3 nitrogen and oxygen atoms in total. The van der Waals surface area contributed by atoms with E-state index in [-0.39, 0.29) is 5.78 Å². The fourth-order valence-corrected chi connectivity index (χ4v) is 7.59. The second-order valence-electron chi connectivity index (χ2n) is 10.9. The van der Waals surface area contributed by atoms with E-state index in [1.54, 1.807) is 13.0 Å². The molecule has 4 atom stereocenters. The van der Waals surface area contributed by atoms with E-state index in [9.17, 15) is 4.79 Å². The lowest BCUT2D eigenvalue weighted by Gasteiger charge is -2.56. The maximum Gasteiger partial charge on any atom is 0.152 e. The van der Waals surface area contributed by atoms with Crippen molar-refractivity contribution in [1.82, 2.24) is 4.90 Å². The highest BCUT2D eigenvalue weighted by molar-refractivity contribution is 5.92. The SMILES string of the molecule is CC(=O)/C=C/c1ccccc1N(C)C1CC2CCCC(C1)N2C1CC2CCCC(C2)C1. The third-order valence-corrected chi connectivity index (χ3v) is 8.89. The van der Waals surface area contributed by atoms with Gasteiger partial charge in [0.25, 0.3) is 0 Å². The fraction of sp³-hybridized carbons (Fsp3) is 0.679. The van der Waals surface area contributed by atoms with Crippen molar-refractivity contribution in [2.75, 3.05) is 11.9 Å². The predicted octanol–water partition coefficient (Wildman–Crippen LogP) is 6.08. The second-order valence-corrected chi connectivity index (χ2v) is 10.9. The number of fused-ring (bicyclic) bond motifs is 4. The van der Waals surface area contributed by atoms with Crippen LogP contribution in [0.3, 0.4) is 0 Å². The van der Waals surface area contributed by atoms with E-state index in [0.717, 1.165) is 35.5 Å². The highest BCUT2D eigenvalue weighted by Crippen LogP contribution is 2.46. The van der Waals surface area contributed by atoms with Crippen LogP contribution < -0.4 is 4.90 Å². The summed E-state index contributed by atoms with van der Waals surface area (Å²) in [6.45, 7) is 1.62. The minimum atomic E-state index is 0.109. The molecule has 3 heteroatoms. The van der Waals surface area contributed by atoms with Crippen molar-refractivity contribution in [2.24, 2.45) is 11.8 Å². The van der Waals surface area contributed by atoms with Crippen LogP contribution in [0.5, 0.6) is 0 Å². The van der Waals surface area contributed by atoms with Crippen LogP contribution in [0, 0.1) is 11.8 Å². The van der Waals surface area contributed by atoms with Gasteiger partial charge >= 0.3 is 0 Å². The number of hydrogen-bond acceptors (Lipinski definition) is 3. The first-order chi connectivity index (χ1) is 15.1. The van der Waals surface area contributed by atoms with Crippen molar-refractivity contribution < 1.29 is 4.79 Å². The Morgan fingerprint density at radius 1 is 0.903 bits per heavy atom. The molecule has 2 saturated heterocycles. The molecule has 0 spiro atoms. The van der Waals surface area contributed by atoms with Crippen molar-refractivity contribution in [3.05, 3.63) is 35.9 Å². The van der Waals surface area contributed by atoms with E-state index in [2.05, 4.69) is 41.1 Å². The molecule has 2 aliphatic carbocycles. The third-order valence-electron chi connectivity index (χ3n) is 8.89. The van der Waals surface area contributed by atoms with Crippen molar-refractivity contribution >= 4 is 17.5 Å². The van der Waals surface area contributed by atoms with Gasteiger partial charge in [0.05, 0.1) is 0 Å². The molecule has 5 rings (SSSR count). The standard InChI is InChI=1S/C28H40N2O/c1-20(31)13-14-23-9-3-4-12-28(23)29(2)26-18-24-10-6-11-25(19-26)30(24)27-16-21-7-5-8-22(15-21)17-27/h3-4,9,12-14,21-22,24-27H,5-8,10-11,15-19H2,1-2H3/b14-13+.